The summed E-state index contributed by atoms with van der Waals surface area (Å²) in [7, 11) is -7.32. The van der Waals surface area contributed by atoms with Crippen LogP contribution in [0.4, 0.5) is 4.39 Å². The second-order valence-electron chi connectivity index (χ2n) is 6.98. The molecule has 3 rings (SSSR count). The molecule has 0 radical (unpaired) electrons. The Morgan fingerprint density at radius 2 is 1.71 bits per heavy atom. The zero-order valence-corrected chi connectivity index (χ0v) is 18.8. The molecular formula is C19H20ClFN2O6S2. The van der Waals surface area contributed by atoms with E-state index in [1.165, 1.54) is 19.2 Å². The Morgan fingerprint density at radius 3 is 2.32 bits per heavy atom. The Labute approximate surface area is 184 Å². The first-order valence-electron chi connectivity index (χ1n) is 9.26. The van der Waals surface area contributed by atoms with Gasteiger partial charge >= 0.3 is 0 Å². The maximum atomic E-state index is 14.0. The van der Waals surface area contributed by atoms with Gasteiger partial charge in [0, 0.05) is 16.6 Å². The van der Waals surface area contributed by atoms with Gasteiger partial charge in [-0.15, -0.1) is 0 Å². The van der Waals surface area contributed by atoms with Gasteiger partial charge < -0.3 is 4.74 Å². The molecule has 0 aliphatic heterocycles. The van der Waals surface area contributed by atoms with Gasteiger partial charge in [0.2, 0.25) is 10.0 Å². The Morgan fingerprint density at radius 1 is 1.03 bits per heavy atom. The SMILES string of the molecule is COc1ccc(C(=O)NS(=O)(=O)c2ccc(Cl)cc2F)cc1S(=O)(=O)NC1CCCC1. The number of hydrogen-bond acceptors (Lipinski definition) is 6. The highest BCUT2D eigenvalue weighted by Crippen LogP contribution is 2.27. The molecule has 0 unspecified atom stereocenters. The second-order valence-corrected chi connectivity index (χ2v) is 10.7. The molecule has 1 fully saturated rings. The minimum Gasteiger partial charge on any atom is -0.495 e. The Bertz CT molecular complexity index is 1210. The molecule has 1 amide bonds. The monoisotopic (exact) mass is 490 g/mol. The maximum absolute atomic E-state index is 14.0. The van der Waals surface area contributed by atoms with Crippen molar-refractivity contribution < 1.29 is 30.8 Å². The molecule has 0 saturated heterocycles. The molecule has 0 aromatic heterocycles. The lowest BCUT2D eigenvalue weighted by Gasteiger charge is -2.16. The topological polar surface area (TPSA) is 119 Å². The summed E-state index contributed by atoms with van der Waals surface area (Å²) in [6.45, 7) is 0. The van der Waals surface area contributed by atoms with Gasteiger partial charge in [-0.05, 0) is 49.2 Å². The van der Waals surface area contributed by atoms with Crippen molar-refractivity contribution in [2.45, 2.75) is 41.5 Å². The van der Waals surface area contributed by atoms with Gasteiger partial charge in [-0.3, -0.25) is 4.79 Å². The van der Waals surface area contributed by atoms with E-state index < -0.39 is 36.7 Å². The fraction of sp³-hybridized carbons (Fsp3) is 0.316. The van der Waals surface area contributed by atoms with E-state index in [-0.39, 0.29) is 27.3 Å². The Balaban J connectivity index is 1.90. The molecule has 0 heterocycles. The normalized spacial score (nSPS) is 15.1. The van der Waals surface area contributed by atoms with Gasteiger partial charge in [0.05, 0.1) is 7.11 Å². The number of sulfonamides is 2. The zero-order chi connectivity index (χ0) is 22.8. The van der Waals surface area contributed by atoms with E-state index in [9.17, 15) is 26.0 Å². The average molecular weight is 491 g/mol. The third kappa shape index (κ3) is 5.35. The van der Waals surface area contributed by atoms with Crippen LogP contribution in [0.15, 0.2) is 46.2 Å². The van der Waals surface area contributed by atoms with E-state index in [0.29, 0.717) is 12.8 Å². The average Bonchev–Trinajstić information content (AvgIpc) is 3.19. The van der Waals surface area contributed by atoms with E-state index in [1.807, 2.05) is 0 Å². The molecule has 2 aromatic carbocycles. The van der Waals surface area contributed by atoms with Crippen LogP contribution in [-0.4, -0.2) is 35.9 Å². The van der Waals surface area contributed by atoms with Crippen LogP contribution in [0.25, 0.3) is 0 Å². The molecule has 12 heteroatoms. The first kappa shape index (κ1) is 23.5. The van der Waals surface area contributed by atoms with E-state index in [4.69, 9.17) is 16.3 Å². The first-order chi connectivity index (χ1) is 14.5. The van der Waals surface area contributed by atoms with Crippen LogP contribution in [0.3, 0.4) is 0 Å². The number of ether oxygens (including phenoxy) is 1. The largest absolute Gasteiger partial charge is 0.495 e. The zero-order valence-electron chi connectivity index (χ0n) is 16.4. The summed E-state index contributed by atoms with van der Waals surface area (Å²) in [5, 5.41) is -0.0115. The summed E-state index contributed by atoms with van der Waals surface area (Å²) in [5.41, 5.74) is -0.259. The van der Waals surface area contributed by atoms with Crippen molar-refractivity contribution >= 4 is 37.6 Å². The van der Waals surface area contributed by atoms with Gasteiger partial charge in [-0.2, -0.15) is 0 Å². The van der Waals surface area contributed by atoms with Crippen molar-refractivity contribution in [2.24, 2.45) is 0 Å². The number of nitrogens with one attached hydrogen (secondary N) is 2. The number of halogens is 2. The minimum atomic E-state index is -4.57. The maximum Gasteiger partial charge on any atom is 0.267 e. The van der Waals surface area contributed by atoms with Crippen LogP contribution >= 0.6 is 11.6 Å². The summed E-state index contributed by atoms with van der Waals surface area (Å²) in [6.07, 6.45) is 3.22. The lowest BCUT2D eigenvalue weighted by molar-refractivity contribution is 0.0981. The van der Waals surface area contributed by atoms with Crippen molar-refractivity contribution in [3.63, 3.8) is 0 Å². The number of carbonyl (C=O) groups excluding carboxylic acids is 1. The van der Waals surface area contributed by atoms with Crippen LogP contribution in [0.1, 0.15) is 36.0 Å². The van der Waals surface area contributed by atoms with Crippen molar-refractivity contribution in [1.29, 1.82) is 0 Å². The van der Waals surface area contributed by atoms with Gasteiger partial charge in [0.25, 0.3) is 15.9 Å². The molecule has 2 aromatic rings. The summed E-state index contributed by atoms with van der Waals surface area (Å²) >= 11 is 5.62. The second kappa shape index (κ2) is 9.11. The number of rotatable bonds is 7. The number of methoxy groups -OCH3 is 1. The fourth-order valence-electron chi connectivity index (χ4n) is 3.28. The summed E-state index contributed by atoms with van der Waals surface area (Å²) < 4.78 is 73.9. The highest BCUT2D eigenvalue weighted by molar-refractivity contribution is 7.90. The van der Waals surface area contributed by atoms with E-state index in [1.54, 1.807) is 4.72 Å². The van der Waals surface area contributed by atoms with Gasteiger partial charge in [0.1, 0.15) is 21.4 Å². The predicted molar refractivity (Wildman–Crippen MR) is 112 cm³/mol. The first-order valence-corrected chi connectivity index (χ1v) is 12.6. The lowest BCUT2D eigenvalue weighted by atomic mass is 10.2. The molecule has 2 N–H and O–H groups in total. The molecule has 1 aliphatic carbocycles. The van der Waals surface area contributed by atoms with Crippen molar-refractivity contribution in [1.82, 2.24) is 9.44 Å². The highest BCUT2D eigenvalue weighted by Gasteiger charge is 2.28. The molecule has 1 aliphatic rings. The molecule has 0 spiro atoms. The van der Waals surface area contributed by atoms with Crippen LogP contribution in [0.2, 0.25) is 5.02 Å². The molecule has 0 bridgehead atoms. The van der Waals surface area contributed by atoms with Crippen LogP contribution in [-0.2, 0) is 20.0 Å². The van der Waals surface area contributed by atoms with Crippen molar-refractivity contribution in [3.8, 4) is 5.75 Å². The molecular weight excluding hydrogens is 471 g/mol. The third-order valence-corrected chi connectivity index (χ3v) is 7.94. The quantitative estimate of drug-likeness (QED) is 0.616. The summed E-state index contributed by atoms with van der Waals surface area (Å²) in [6, 6.07) is 6.12. The smallest absolute Gasteiger partial charge is 0.267 e. The van der Waals surface area contributed by atoms with E-state index >= 15 is 0 Å². The molecule has 168 valence electrons. The molecule has 8 nitrogen and oxygen atoms in total. The van der Waals surface area contributed by atoms with Gasteiger partial charge in [-0.25, -0.2) is 30.7 Å². The number of amides is 1. The van der Waals surface area contributed by atoms with Crippen LogP contribution in [0.5, 0.6) is 5.75 Å². The standard InChI is InChI=1S/C19H20ClFN2O6S2/c1-29-16-8-6-12(10-18(16)31(27,28)22-14-4-2-3-5-14)19(24)23-30(25,26)17-9-7-13(20)11-15(17)21/h6-11,14,22H,2-5H2,1H3,(H,23,24). The van der Waals surface area contributed by atoms with E-state index in [2.05, 4.69) is 4.72 Å². The lowest BCUT2D eigenvalue weighted by Crippen LogP contribution is -2.34. The van der Waals surface area contributed by atoms with E-state index in [0.717, 1.165) is 37.1 Å². The van der Waals surface area contributed by atoms with Gasteiger partial charge in [0.15, 0.2) is 0 Å². The van der Waals surface area contributed by atoms with Crippen LogP contribution < -0.4 is 14.2 Å². The predicted octanol–water partition coefficient (Wildman–Crippen LogP) is 2.83. The molecule has 0 atom stereocenters. The fourth-order valence-corrected chi connectivity index (χ4v) is 5.98. The Hall–Kier alpha value is -2.21. The summed E-state index contributed by atoms with van der Waals surface area (Å²) in [4.78, 5) is 11.5. The minimum absolute atomic E-state index is 0.00588. The van der Waals surface area contributed by atoms with Crippen molar-refractivity contribution in [2.75, 3.05) is 7.11 Å². The molecule has 1 saturated carbocycles. The Kier molecular flexibility index (Phi) is 6.89. The number of hydrogen-bond donors (Lipinski definition) is 2. The third-order valence-electron chi connectivity index (χ3n) is 4.80. The van der Waals surface area contributed by atoms with Crippen molar-refractivity contribution in [3.05, 3.63) is 52.8 Å². The number of benzene rings is 2. The number of carbonyl (C=O) groups is 1. The molecule has 31 heavy (non-hydrogen) atoms. The van der Waals surface area contributed by atoms with Gasteiger partial charge in [-0.1, -0.05) is 24.4 Å². The highest BCUT2D eigenvalue weighted by atomic mass is 35.5. The summed E-state index contributed by atoms with van der Waals surface area (Å²) in [5.74, 6) is -2.27. The van der Waals surface area contributed by atoms with Crippen LogP contribution in [0, 0.1) is 5.82 Å².